The van der Waals surface area contributed by atoms with Crippen LogP contribution in [-0.2, 0) is 9.59 Å². The smallest absolute Gasteiger partial charge is 0.303 e. The van der Waals surface area contributed by atoms with Crippen LogP contribution in [0.2, 0.25) is 0 Å². The number of aliphatic carboxylic acids is 1. The van der Waals surface area contributed by atoms with E-state index in [9.17, 15) is 19.8 Å². The molecule has 0 bridgehead atoms. The number of amides is 1. The number of carbonyl (C=O) groups excluding carboxylic acids is 1. The molecule has 6 heteroatoms. The summed E-state index contributed by atoms with van der Waals surface area (Å²) in [4.78, 5) is 22.9. The fourth-order valence-corrected chi connectivity index (χ4v) is 9.29. The van der Waals surface area contributed by atoms with Crippen LogP contribution in [0, 0.1) is 46.3 Å². The molecule has 34 heavy (non-hydrogen) atoms. The van der Waals surface area contributed by atoms with Crippen molar-refractivity contribution in [3.05, 3.63) is 0 Å². The summed E-state index contributed by atoms with van der Waals surface area (Å²) in [6, 6.07) is 0. The van der Waals surface area contributed by atoms with Gasteiger partial charge in [-0.3, -0.25) is 9.59 Å². The number of hydrogen-bond donors (Lipinski definition) is 4. The molecule has 0 aromatic carbocycles. The number of nitrogens with one attached hydrogen (secondary N) is 1. The fourth-order valence-electron chi connectivity index (χ4n) is 9.29. The first-order valence-electron chi connectivity index (χ1n) is 13.9. The molecule has 194 valence electrons. The molecule has 4 aliphatic carbocycles. The molecular formula is C28H47NO5. The summed E-state index contributed by atoms with van der Waals surface area (Å²) in [5.41, 5.74) is 0.490. The zero-order valence-electron chi connectivity index (χ0n) is 21.5. The molecule has 4 saturated carbocycles. The van der Waals surface area contributed by atoms with Gasteiger partial charge < -0.3 is 20.6 Å². The molecule has 0 heterocycles. The van der Waals surface area contributed by atoms with Gasteiger partial charge in [0.15, 0.2) is 0 Å². The summed E-state index contributed by atoms with van der Waals surface area (Å²) in [7, 11) is 0. The van der Waals surface area contributed by atoms with Gasteiger partial charge in [-0.05, 0) is 111 Å². The van der Waals surface area contributed by atoms with E-state index in [0.717, 1.165) is 32.1 Å². The van der Waals surface area contributed by atoms with Crippen LogP contribution in [0.25, 0.3) is 0 Å². The van der Waals surface area contributed by atoms with Gasteiger partial charge in [-0.25, -0.2) is 0 Å². The monoisotopic (exact) mass is 477 g/mol. The first kappa shape index (κ1) is 25.9. The summed E-state index contributed by atoms with van der Waals surface area (Å²) in [5.74, 6) is 2.21. The molecular weight excluding hydrogens is 430 g/mol. The summed E-state index contributed by atoms with van der Waals surface area (Å²) >= 11 is 0. The first-order chi connectivity index (χ1) is 16.1. The van der Waals surface area contributed by atoms with E-state index in [-0.39, 0.29) is 35.4 Å². The van der Waals surface area contributed by atoms with E-state index in [1.54, 1.807) is 0 Å². The van der Waals surface area contributed by atoms with Gasteiger partial charge in [0.25, 0.3) is 0 Å². The maximum Gasteiger partial charge on any atom is 0.303 e. The van der Waals surface area contributed by atoms with E-state index in [1.807, 2.05) is 0 Å². The van der Waals surface area contributed by atoms with Crippen LogP contribution in [0.5, 0.6) is 0 Å². The Kier molecular flexibility index (Phi) is 7.69. The number of hydrogen-bond acceptors (Lipinski definition) is 4. The lowest BCUT2D eigenvalue weighted by atomic mass is 9.43. The van der Waals surface area contributed by atoms with Crippen molar-refractivity contribution in [2.45, 2.75) is 110 Å². The predicted molar refractivity (Wildman–Crippen MR) is 131 cm³/mol. The highest BCUT2D eigenvalue weighted by atomic mass is 16.4. The fraction of sp³-hybridized carbons (Fsp3) is 0.929. The lowest BCUT2D eigenvalue weighted by Gasteiger charge is -2.62. The molecule has 4 aliphatic rings. The zero-order chi connectivity index (χ0) is 24.7. The Bertz CT molecular complexity index is 757. The van der Waals surface area contributed by atoms with Crippen LogP contribution in [0.1, 0.15) is 97.8 Å². The number of aliphatic hydroxyl groups excluding tert-OH is 2. The maximum atomic E-state index is 12.3. The summed E-state index contributed by atoms with van der Waals surface area (Å²) < 4.78 is 0. The molecule has 1 amide bonds. The molecule has 4 fully saturated rings. The Labute approximate surface area is 205 Å². The van der Waals surface area contributed by atoms with E-state index >= 15 is 0 Å². The van der Waals surface area contributed by atoms with Crippen molar-refractivity contribution in [3.63, 3.8) is 0 Å². The second-order valence-electron chi connectivity index (χ2n) is 12.8. The molecule has 0 aliphatic heterocycles. The Hall–Kier alpha value is -1.14. The molecule has 0 aromatic rings. The van der Waals surface area contributed by atoms with Crippen LogP contribution in [-0.4, -0.2) is 45.9 Å². The molecule has 1 unspecified atom stereocenters. The Morgan fingerprint density at radius 3 is 2.41 bits per heavy atom. The minimum atomic E-state index is -0.824. The maximum absolute atomic E-state index is 12.3. The SMILES string of the molecule is C[C@H](CCC(=O)NCCCC(=O)O)[C@H]1CC[C@H]2[C@@H]3[C@@H](O)CC4C[C@@H](O)CC[C@]4(C)[C@H]3CC[C@]12C. The van der Waals surface area contributed by atoms with E-state index < -0.39 is 5.97 Å². The topological polar surface area (TPSA) is 107 Å². The third-order valence-electron chi connectivity index (χ3n) is 11.1. The quantitative estimate of drug-likeness (QED) is 0.388. The van der Waals surface area contributed by atoms with Gasteiger partial charge in [0, 0.05) is 19.4 Å². The van der Waals surface area contributed by atoms with E-state index in [1.165, 1.54) is 25.7 Å². The Balaban J connectivity index is 1.36. The molecule has 10 atom stereocenters. The average Bonchev–Trinajstić information content (AvgIpc) is 3.13. The second-order valence-corrected chi connectivity index (χ2v) is 12.8. The molecule has 4 rings (SSSR count). The number of aliphatic hydroxyl groups is 2. The van der Waals surface area contributed by atoms with Crippen molar-refractivity contribution >= 4 is 11.9 Å². The molecule has 0 saturated heterocycles. The minimum absolute atomic E-state index is 0.0294. The molecule has 0 spiro atoms. The van der Waals surface area contributed by atoms with Crippen molar-refractivity contribution in [2.75, 3.05) is 6.54 Å². The molecule has 0 aromatic heterocycles. The van der Waals surface area contributed by atoms with Crippen LogP contribution in [0.3, 0.4) is 0 Å². The van der Waals surface area contributed by atoms with Crippen LogP contribution in [0.15, 0.2) is 0 Å². The number of rotatable bonds is 8. The van der Waals surface area contributed by atoms with Crippen molar-refractivity contribution in [1.29, 1.82) is 0 Å². The van der Waals surface area contributed by atoms with Gasteiger partial charge in [-0.1, -0.05) is 20.8 Å². The summed E-state index contributed by atoms with van der Waals surface area (Å²) in [5, 5.41) is 33.2. The largest absolute Gasteiger partial charge is 0.481 e. The minimum Gasteiger partial charge on any atom is -0.481 e. The number of fused-ring (bicyclic) bond motifs is 5. The molecule has 4 N–H and O–H groups in total. The van der Waals surface area contributed by atoms with E-state index in [2.05, 4.69) is 26.1 Å². The highest BCUT2D eigenvalue weighted by molar-refractivity contribution is 5.75. The van der Waals surface area contributed by atoms with Crippen molar-refractivity contribution < 1.29 is 24.9 Å². The van der Waals surface area contributed by atoms with Gasteiger partial charge >= 0.3 is 5.97 Å². The molecule has 6 nitrogen and oxygen atoms in total. The van der Waals surface area contributed by atoms with Crippen molar-refractivity contribution in [2.24, 2.45) is 46.3 Å². The first-order valence-corrected chi connectivity index (χ1v) is 13.9. The van der Waals surface area contributed by atoms with Gasteiger partial charge in [-0.15, -0.1) is 0 Å². The normalized spacial score (nSPS) is 44.4. The zero-order valence-corrected chi connectivity index (χ0v) is 21.5. The van der Waals surface area contributed by atoms with Crippen LogP contribution in [0.4, 0.5) is 0 Å². The number of carbonyl (C=O) groups is 2. The third-order valence-corrected chi connectivity index (χ3v) is 11.1. The Morgan fingerprint density at radius 1 is 0.971 bits per heavy atom. The van der Waals surface area contributed by atoms with Crippen LogP contribution >= 0.6 is 0 Å². The Morgan fingerprint density at radius 2 is 1.68 bits per heavy atom. The predicted octanol–water partition coefficient (Wildman–Crippen LogP) is 4.37. The van der Waals surface area contributed by atoms with Gasteiger partial charge in [0.05, 0.1) is 12.2 Å². The summed E-state index contributed by atoms with van der Waals surface area (Å²) in [6.07, 6.45) is 9.99. The van der Waals surface area contributed by atoms with Crippen molar-refractivity contribution in [1.82, 2.24) is 5.32 Å². The van der Waals surface area contributed by atoms with E-state index in [4.69, 9.17) is 5.11 Å². The second kappa shape index (κ2) is 10.1. The summed E-state index contributed by atoms with van der Waals surface area (Å²) in [6.45, 7) is 7.67. The molecule has 0 radical (unpaired) electrons. The lowest BCUT2D eigenvalue weighted by Crippen LogP contribution is -2.58. The number of carboxylic acid groups (broad SMARTS) is 1. The lowest BCUT2D eigenvalue weighted by molar-refractivity contribution is -0.174. The van der Waals surface area contributed by atoms with Gasteiger partial charge in [-0.2, -0.15) is 0 Å². The highest BCUT2D eigenvalue weighted by Gasteiger charge is 2.62. The highest BCUT2D eigenvalue weighted by Crippen LogP contribution is 2.68. The average molecular weight is 478 g/mol. The van der Waals surface area contributed by atoms with Gasteiger partial charge in [0.2, 0.25) is 5.91 Å². The standard InChI is InChI=1S/C28H47NO5/c1-17(6-9-24(32)29-14-4-5-25(33)34)20-7-8-21-26-22(11-13-28(20,21)3)27(2)12-10-19(30)15-18(27)16-23(26)31/h17-23,26,30-31H,4-16H2,1-3H3,(H,29,32)(H,33,34)/t17-,18?,19+,20-,21+,22+,23+,26+,27+,28-/m1/s1. The van der Waals surface area contributed by atoms with Gasteiger partial charge in [0.1, 0.15) is 0 Å². The third kappa shape index (κ3) is 4.78. The van der Waals surface area contributed by atoms with E-state index in [0.29, 0.717) is 54.9 Å². The van der Waals surface area contributed by atoms with Crippen molar-refractivity contribution in [3.8, 4) is 0 Å². The number of carboxylic acids is 1. The van der Waals surface area contributed by atoms with Crippen LogP contribution < -0.4 is 5.32 Å².